The largest absolute Gasteiger partial charge is 0.497 e. The van der Waals surface area contributed by atoms with Crippen LogP contribution in [0.4, 0.5) is 0 Å². The third-order valence-corrected chi connectivity index (χ3v) is 4.71. The van der Waals surface area contributed by atoms with Crippen LogP contribution in [0.25, 0.3) is 0 Å². The molecular formula is C22H26N2O3. The van der Waals surface area contributed by atoms with Gasteiger partial charge < -0.3 is 15.0 Å². The fraction of sp³-hybridized carbons (Fsp3) is 0.364. The summed E-state index contributed by atoms with van der Waals surface area (Å²) in [6.07, 6.45) is 2.39. The average Bonchev–Trinajstić information content (AvgIpc) is 3.52. The third-order valence-electron chi connectivity index (χ3n) is 4.71. The highest BCUT2D eigenvalue weighted by atomic mass is 16.5. The van der Waals surface area contributed by atoms with Gasteiger partial charge in [0.2, 0.25) is 5.91 Å². The number of ether oxygens (including phenoxy) is 1. The molecule has 1 aliphatic rings. The molecule has 1 atom stereocenters. The number of hydrogen-bond acceptors (Lipinski definition) is 3. The van der Waals surface area contributed by atoms with E-state index in [4.69, 9.17) is 4.74 Å². The molecule has 3 rings (SSSR count). The van der Waals surface area contributed by atoms with Crippen molar-refractivity contribution in [3.8, 4) is 5.75 Å². The molecule has 0 spiro atoms. The Labute approximate surface area is 160 Å². The van der Waals surface area contributed by atoms with Crippen molar-refractivity contribution in [3.05, 3.63) is 65.7 Å². The molecule has 2 amide bonds. The fourth-order valence-electron chi connectivity index (χ4n) is 3.06. The van der Waals surface area contributed by atoms with Crippen LogP contribution in [0.5, 0.6) is 5.75 Å². The van der Waals surface area contributed by atoms with E-state index in [-0.39, 0.29) is 17.9 Å². The van der Waals surface area contributed by atoms with Crippen LogP contribution < -0.4 is 10.1 Å². The predicted octanol–water partition coefficient (Wildman–Crippen LogP) is 3.39. The Morgan fingerprint density at radius 2 is 1.78 bits per heavy atom. The van der Waals surface area contributed by atoms with Crippen LogP contribution in [-0.2, 0) is 11.3 Å². The van der Waals surface area contributed by atoms with E-state index >= 15 is 0 Å². The Kier molecular flexibility index (Phi) is 6.12. The number of nitrogens with zero attached hydrogens (tertiary/aromatic N) is 1. The first-order valence-electron chi connectivity index (χ1n) is 9.35. The second-order valence-corrected chi connectivity index (χ2v) is 7.05. The van der Waals surface area contributed by atoms with E-state index in [1.54, 1.807) is 19.2 Å². The van der Waals surface area contributed by atoms with Gasteiger partial charge in [0.05, 0.1) is 7.11 Å². The molecule has 1 N–H and O–H groups in total. The summed E-state index contributed by atoms with van der Waals surface area (Å²) in [5, 5.41) is 2.92. The number of hydrogen-bond donors (Lipinski definition) is 1. The highest BCUT2D eigenvalue weighted by Crippen LogP contribution is 2.29. The van der Waals surface area contributed by atoms with Gasteiger partial charge in [-0.25, -0.2) is 0 Å². The number of benzene rings is 2. The topological polar surface area (TPSA) is 58.6 Å². The zero-order chi connectivity index (χ0) is 19.2. The Balaban J connectivity index is 1.57. The van der Waals surface area contributed by atoms with E-state index < -0.39 is 0 Å². The van der Waals surface area contributed by atoms with Gasteiger partial charge in [-0.05, 0) is 49.6 Å². The summed E-state index contributed by atoms with van der Waals surface area (Å²) in [6, 6.07) is 17.0. The van der Waals surface area contributed by atoms with Gasteiger partial charge >= 0.3 is 0 Å². The van der Waals surface area contributed by atoms with Crippen LogP contribution >= 0.6 is 0 Å². The van der Waals surface area contributed by atoms with E-state index in [9.17, 15) is 9.59 Å². The lowest BCUT2D eigenvalue weighted by molar-refractivity contribution is -0.132. The Morgan fingerprint density at radius 3 is 2.37 bits per heavy atom. The van der Waals surface area contributed by atoms with Gasteiger partial charge in [0.25, 0.3) is 5.91 Å². The quantitative estimate of drug-likeness (QED) is 0.779. The minimum atomic E-state index is -0.220. The summed E-state index contributed by atoms with van der Waals surface area (Å²) in [6.45, 7) is 2.46. The number of amides is 2. The molecule has 0 heterocycles. The summed E-state index contributed by atoms with van der Waals surface area (Å²) < 4.78 is 5.19. The van der Waals surface area contributed by atoms with Gasteiger partial charge in [0, 0.05) is 30.6 Å². The highest BCUT2D eigenvalue weighted by Gasteiger charge is 2.33. The number of rotatable bonds is 8. The van der Waals surface area contributed by atoms with E-state index in [1.165, 1.54) is 0 Å². The molecular weight excluding hydrogens is 340 g/mol. The predicted molar refractivity (Wildman–Crippen MR) is 105 cm³/mol. The van der Waals surface area contributed by atoms with Crippen LogP contribution in [-0.4, -0.2) is 35.9 Å². The maximum Gasteiger partial charge on any atom is 0.251 e. The average molecular weight is 366 g/mol. The maximum absolute atomic E-state index is 12.8. The number of carbonyl (C=O) groups excluding carboxylic acids is 2. The van der Waals surface area contributed by atoms with Gasteiger partial charge in [0.15, 0.2) is 0 Å². The second kappa shape index (κ2) is 8.71. The standard InChI is InChI=1S/C22H26N2O3/c1-16(23-22(26)18-6-4-3-5-7-18)14-21(25)24(19-10-11-19)15-17-8-12-20(27-2)13-9-17/h3-9,12-13,16,19H,10-11,14-15H2,1-2H3,(H,23,26). The molecule has 0 bridgehead atoms. The van der Waals surface area contributed by atoms with Gasteiger partial charge in [-0.1, -0.05) is 30.3 Å². The van der Waals surface area contributed by atoms with Crippen LogP contribution in [0.15, 0.2) is 54.6 Å². The lowest BCUT2D eigenvalue weighted by atomic mass is 10.1. The first-order chi connectivity index (χ1) is 13.1. The molecule has 0 aliphatic heterocycles. The molecule has 5 heteroatoms. The molecule has 1 saturated carbocycles. The minimum absolute atomic E-state index is 0.0779. The lowest BCUT2D eigenvalue weighted by Crippen LogP contribution is -2.40. The summed E-state index contributed by atoms with van der Waals surface area (Å²) in [5.74, 6) is 0.735. The summed E-state index contributed by atoms with van der Waals surface area (Å²) in [5.41, 5.74) is 1.69. The van der Waals surface area contributed by atoms with Crippen molar-refractivity contribution in [1.29, 1.82) is 0 Å². The molecule has 0 aromatic heterocycles. The van der Waals surface area contributed by atoms with E-state index in [1.807, 2.05) is 54.3 Å². The first-order valence-corrected chi connectivity index (χ1v) is 9.35. The number of methoxy groups -OCH3 is 1. The lowest BCUT2D eigenvalue weighted by Gasteiger charge is -2.25. The third kappa shape index (κ3) is 5.33. The molecule has 0 radical (unpaired) electrons. The Bertz CT molecular complexity index is 770. The van der Waals surface area contributed by atoms with Crippen molar-refractivity contribution >= 4 is 11.8 Å². The molecule has 2 aromatic carbocycles. The van der Waals surface area contributed by atoms with Crippen molar-refractivity contribution in [2.75, 3.05) is 7.11 Å². The Morgan fingerprint density at radius 1 is 1.11 bits per heavy atom. The van der Waals surface area contributed by atoms with E-state index in [0.717, 1.165) is 24.2 Å². The van der Waals surface area contributed by atoms with E-state index in [2.05, 4.69) is 5.32 Å². The van der Waals surface area contributed by atoms with Crippen molar-refractivity contribution < 1.29 is 14.3 Å². The van der Waals surface area contributed by atoms with Crippen molar-refractivity contribution in [1.82, 2.24) is 10.2 Å². The molecule has 27 heavy (non-hydrogen) atoms. The molecule has 1 fully saturated rings. The normalized spacial score (nSPS) is 14.3. The van der Waals surface area contributed by atoms with Crippen molar-refractivity contribution in [2.45, 2.75) is 44.8 Å². The molecule has 5 nitrogen and oxygen atoms in total. The van der Waals surface area contributed by atoms with Crippen molar-refractivity contribution in [3.63, 3.8) is 0 Å². The SMILES string of the molecule is COc1ccc(CN(C(=O)CC(C)NC(=O)c2ccccc2)C2CC2)cc1. The molecule has 2 aromatic rings. The molecule has 1 aliphatic carbocycles. The number of carbonyl (C=O) groups is 2. The minimum Gasteiger partial charge on any atom is -0.497 e. The monoisotopic (exact) mass is 366 g/mol. The first kappa shape index (κ1) is 19.0. The molecule has 1 unspecified atom stereocenters. The number of nitrogens with one attached hydrogen (secondary N) is 1. The smallest absolute Gasteiger partial charge is 0.251 e. The van der Waals surface area contributed by atoms with E-state index in [0.29, 0.717) is 24.6 Å². The zero-order valence-corrected chi connectivity index (χ0v) is 15.9. The van der Waals surface area contributed by atoms with Crippen LogP contribution in [0.1, 0.15) is 42.1 Å². The van der Waals surface area contributed by atoms with Crippen molar-refractivity contribution in [2.24, 2.45) is 0 Å². The molecule has 0 saturated heterocycles. The zero-order valence-electron chi connectivity index (χ0n) is 15.9. The maximum atomic E-state index is 12.8. The van der Waals surface area contributed by atoms with Crippen LogP contribution in [0.3, 0.4) is 0 Å². The fourth-order valence-corrected chi connectivity index (χ4v) is 3.06. The van der Waals surface area contributed by atoms with Gasteiger partial charge in [0.1, 0.15) is 5.75 Å². The highest BCUT2D eigenvalue weighted by molar-refractivity contribution is 5.94. The summed E-state index contributed by atoms with van der Waals surface area (Å²) >= 11 is 0. The molecule has 142 valence electrons. The Hall–Kier alpha value is -2.82. The van der Waals surface area contributed by atoms with Crippen LogP contribution in [0, 0.1) is 0 Å². The second-order valence-electron chi connectivity index (χ2n) is 7.05. The summed E-state index contributed by atoms with van der Waals surface area (Å²) in [7, 11) is 1.64. The van der Waals surface area contributed by atoms with Gasteiger partial charge in [-0.15, -0.1) is 0 Å². The van der Waals surface area contributed by atoms with Gasteiger partial charge in [-0.2, -0.15) is 0 Å². The summed E-state index contributed by atoms with van der Waals surface area (Å²) in [4.78, 5) is 27.0. The van der Waals surface area contributed by atoms with Gasteiger partial charge in [-0.3, -0.25) is 9.59 Å². The van der Waals surface area contributed by atoms with Crippen LogP contribution in [0.2, 0.25) is 0 Å².